The van der Waals surface area contributed by atoms with Crippen LogP contribution in [0.2, 0.25) is 0 Å². The predicted octanol–water partition coefficient (Wildman–Crippen LogP) is 6.16. The highest BCUT2D eigenvalue weighted by atomic mass is 32.3. The van der Waals surface area contributed by atoms with Gasteiger partial charge in [-0.3, -0.25) is 9.11 Å². The van der Waals surface area contributed by atoms with E-state index in [-0.39, 0.29) is 5.41 Å². The average Bonchev–Trinajstić information content (AvgIpc) is 3.08. The molecule has 0 aliphatic heterocycles. The molecule has 5 unspecified atom stereocenters. The largest absolute Gasteiger partial charge is 0.397 e. The molecule has 0 amide bonds. The maximum Gasteiger partial charge on any atom is 0.397 e. The highest BCUT2D eigenvalue weighted by Crippen LogP contribution is 2.67. The number of allylic oxidation sites excluding steroid dienone is 1. The standard InChI is InChI=1S/C27H46O8S2/c1-18(7-6-14-25(2,3)35-37(31,32)33)22-10-11-23-21-9-8-19-17-20(34-36(28,29)30)12-15-26(19,4)24(21)13-16-27(22,23)5/h8,18,20-24H,6-7,9-17H2,1-5H3,(H,28,29,30)(H,31,32,33)/t18-,20+,21?,22?,23?,24?,26?,27-/m1/s1. The van der Waals surface area contributed by atoms with Crippen LogP contribution in [-0.2, 0) is 29.2 Å². The first kappa shape index (κ1) is 29.5. The van der Waals surface area contributed by atoms with E-state index in [2.05, 4.69) is 26.8 Å². The van der Waals surface area contributed by atoms with Crippen LogP contribution >= 0.6 is 0 Å². The first-order valence-electron chi connectivity index (χ1n) is 14.0. The fourth-order valence-electron chi connectivity index (χ4n) is 9.23. The van der Waals surface area contributed by atoms with Gasteiger partial charge in [-0.2, -0.15) is 16.8 Å². The monoisotopic (exact) mass is 562 g/mol. The van der Waals surface area contributed by atoms with E-state index in [0.29, 0.717) is 54.3 Å². The Labute approximate surface area is 223 Å². The number of rotatable bonds is 9. The van der Waals surface area contributed by atoms with Crippen LogP contribution in [0, 0.1) is 40.4 Å². The molecular formula is C27H46O8S2. The maximum atomic E-state index is 11.3. The van der Waals surface area contributed by atoms with E-state index >= 15 is 0 Å². The third kappa shape index (κ3) is 6.30. The summed E-state index contributed by atoms with van der Waals surface area (Å²) in [6.07, 6.45) is 12.4. The van der Waals surface area contributed by atoms with Crippen molar-refractivity contribution in [2.24, 2.45) is 40.4 Å². The van der Waals surface area contributed by atoms with Gasteiger partial charge in [-0.25, -0.2) is 8.37 Å². The molecule has 0 spiro atoms. The Morgan fingerprint density at radius 3 is 2.38 bits per heavy atom. The Balaban J connectivity index is 1.41. The van der Waals surface area contributed by atoms with Crippen molar-refractivity contribution in [3.8, 4) is 0 Å². The van der Waals surface area contributed by atoms with E-state index in [1.165, 1.54) is 31.3 Å². The molecule has 3 fully saturated rings. The molecule has 0 aromatic rings. The molecule has 0 saturated heterocycles. The summed E-state index contributed by atoms with van der Waals surface area (Å²) >= 11 is 0. The van der Waals surface area contributed by atoms with Crippen molar-refractivity contribution in [1.82, 2.24) is 0 Å². The molecule has 214 valence electrons. The molecule has 0 radical (unpaired) electrons. The lowest BCUT2D eigenvalue weighted by Gasteiger charge is -2.58. The third-order valence-electron chi connectivity index (χ3n) is 10.8. The third-order valence-corrected chi connectivity index (χ3v) is 12.0. The maximum absolute atomic E-state index is 11.3. The molecule has 0 aromatic carbocycles. The lowest BCUT2D eigenvalue weighted by atomic mass is 9.47. The van der Waals surface area contributed by atoms with Crippen molar-refractivity contribution in [1.29, 1.82) is 0 Å². The minimum Gasteiger partial charge on any atom is -0.264 e. The fraction of sp³-hybridized carbons (Fsp3) is 0.926. The molecule has 4 aliphatic carbocycles. The Bertz CT molecular complexity index is 1100. The van der Waals surface area contributed by atoms with Gasteiger partial charge in [0.25, 0.3) is 0 Å². The molecule has 37 heavy (non-hydrogen) atoms. The molecule has 8 nitrogen and oxygen atoms in total. The molecule has 0 aromatic heterocycles. The van der Waals surface area contributed by atoms with Gasteiger partial charge in [-0.05, 0) is 112 Å². The Kier molecular flexibility index (Phi) is 8.08. The van der Waals surface area contributed by atoms with E-state index in [4.69, 9.17) is 17.5 Å². The van der Waals surface area contributed by atoms with Crippen LogP contribution in [-0.4, -0.2) is 37.6 Å². The van der Waals surface area contributed by atoms with Gasteiger partial charge in [0.15, 0.2) is 0 Å². The summed E-state index contributed by atoms with van der Waals surface area (Å²) < 4.78 is 72.8. The van der Waals surface area contributed by atoms with E-state index in [1.807, 2.05) is 0 Å². The predicted molar refractivity (Wildman–Crippen MR) is 141 cm³/mol. The summed E-state index contributed by atoms with van der Waals surface area (Å²) in [5.41, 5.74) is 0.773. The van der Waals surface area contributed by atoms with Gasteiger partial charge >= 0.3 is 20.8 Å². The molecule has 4 rings (SSSR count). The molecule has 4 aliphatic rings. The molecule has 10 heteroatoms. The molecular weight excluding hydrogens is 516 g/mol. The average molecular weight is 563 g/mol. The van der Waals surface area contributed by atoms with Crippen LogP contribution in [0.1, 0.15) is 105 Å². The van der Waals surface area contributed by atoms with Gasteiger partial charge in [-0.15, -0.1) is 0 Å². The quantitative estimate of drug-likeness (QED) is 0.253. The molecule has 3 saturated carbocycles. The molecule has 0 heterocycles. The minimum absolute atomic E-state index is 0.0751. The van der Waals surface area contributed by atoms with Gasteiger partial charge in [0.1, 0.15) is 0 Å². The fourth-order valence-corrected chi connectivity index (χ4v) is 10.4. The summed E-state index contributed by atoms with van der Waals surface area (Å²) in [6.45, 7) is 10.6. The van der Waals surface area contributed by atoms with Crippen LogP contribution in [0.15, 0.2) is 11.6 Å². The van der Waals surface area contributed by atoms with Gasteiger partial charge in [0, 0.05) is 0 Å². The second-order valence-corrected chi connectivity index (χ2v) is 15.6. The van der Waals surface area contributed by atoms with Crippen LogP contribution in [0.4, 0.5) is 0 Å². The Morgan fingerprint density at radius 1 is 1.03 bits per heavy atom. The zero-order valence-corrected chi connectivity index (χ0v) is 24.6. The zero-order chi connectivity index (χ0) is 27.4. The summed E-state index contributed by atoms with van der Waals surface area (Å²) in [6, 6.07) is 0. The zero-order valence-electron chi connectivity index (χ0n) is 23.0. The minimum atomic E-state index is -4.46. The second-order valence-electron chi connectivity index (χ2n) is 13.5. The molecule has 2 N–H and O–H groups in total. The van der Waals surface area contributed by atoms with Gasteiger partial charge in [-0.1, -0.05) is 45.3 Å². The van der Waals surface area contributed by atoms with Crippen molar-refractivity contribution in [3.63, 3.8) is 0 Å². The Hall–Kier alpha value is -0.520. The van der Waals surface area contributed by atoms with Crippen molar-refractivity contribution in [3.05, 3.63) is 11.6 Å². The SMILES string of the molecule is C[C@H](CCCC(C)(C)OS(=O)(=O)O)C1CCC2C3CC=C4C[C@@H](OS(=O)(=O)O)CCC4(C)C3CC[C@@]21C. The topological polar surface area (TPSA) is 127 Å². The van der Waals surface area contributed by atoms with Gasteiger partial charge in [0.2, 0.25) is 0 Å². The van der Waals surface area contributed by atoms with E-state index < -0.39 is 32.5 Å². The van der Waals surface area contributed by atoms with Crippen molar-refractivity contribution < 1.29 is 34.3 Å². The first-order valence-corrected chi connectivity index (χ1v) is 16.7. The van der Waals surface area contributed by atoms with Gasteiger partial charge < -0.3 is 0 Å². The number of hydrogen-bond acceptors (Lipinski definition) is 6. The van der Waals surface area contributed by atoms with Crippen molar-refractivity contribution in [2.75, 3.05) is 0 Å². The molecule has 0 bridgehead atoms. The van der Waals surface area contributed by atoms with E-state index in [9.17, 15) is 16.8 Å². The van der Waals surface area contributed by atoms with Crippen molar-refractivity contribution >= 4 is 20.8 Å². The summed E-state index contributed by atoms with van der Waals surface area (Å²) in [7, 11) is -8.89. The highest BCUT2D eigenvalue weighted by Gasteiger charge is 2.59. The summed E-state index contributed by atoms with van der Waals surface area (Å²) in [4.78, 5) is 0. The Morgan fingerprint density at radius 2 is 1.73 bits per heavy atom. The normalized spacial score (nSPS) is 39.3. The summed E-state index contributed by atoms with van der Waals surface area (Å²) in [5.74, 6) is 3.10. The summed E-state index contributed by atoms with van der Waals surface area (Å²) in [5, 5.41) is 0. The first-order chi connectivity index (χ1) is 16.9. The second kappa shape index (κ2) is 10.1. The van der Waals surface area contributed by atoms with Crippen molar-refractivity contribution in [2.45, 2.75) is 117 Å². The van der Waals surface area contributed by atoms with Crippen LogP contribution in [0.25, 0.3) is 0 Å². The lowest BCUT2D eigenvalue weighted by molar-refractivity contribution is -0.0562. The lowest BCUT2D eigenvalue weighted by Crippen LogP contribution is -2.51. The van der Waals surface area contributed by atoms with E-state index in [1.54, 1.807) is 13.8 Å². The van der Waals surface area contributed by atoms with Crippen LogP contribution in [0.3, 0.4) is 0 Å². The molecule has 8 atom stereocenters. The van der Waals surface area contributed by atoms with Crippen LogP contribution < -0.4 is 0 Å². The highest BCUT2D eigenvalue weighted by molar-refractivity contribution is 7.81. The van der Waals surface area contributed by atoms with E-state index in [0.717, 1.165) is 25.7 Å². The van der Waals surface area contributed by atoms with Crippen LogP contribution in [0.5, 0.6) is 0 Å². The number of fused-ring (bicyclic) bond motifs is 5. The van der Waals surface area contributed by atoms with Gasteiger partial charge in [0.05, 0.1) is 11.7 Å². The smallest absolute Gasteiger partial charge is 0.264 e. The number of hydrogen-bond donors (Lipinski definition) is 2.